The third-order valence-electron chi connectivity index (χ3n) is 10.2. The van der Waals surface area contributed by atoms with Crippen molar-refractivity contribution in [3.63, 3.8) is 0 Å². The van der Waals surface area contributed by atoms with Crippen LogP contribution in [-0.2, 0) is 0 Å². The molecule has 0 saturated carbocycles. The Morgan fingerprint density at radius 2 is 0.708 bits per heavy atom. The molecule has 10 aromatic rings. The predicted octanol–water partition coefficient (Wildman–Crippen LogP) is 13.6. The minimum atomic E-state index is 1.21. The van der Waals surface area contributed by atoms with E-state index in [-0.39, 0.29) is 0 Å². The quantitative estimate of drug-likeness (QED) is 0.175. The Balaban J connectivity index is 1.38. The zero-order valence-corrected chi connectivity index (χ0v) is 26.3. The van der Waals surface area contributed by atoms with Crippen LogP contribution in [0.3, 0.4) is 0 Å². The molecule has 0 heteroatoms. The van der Waals surface area contributed by atoms with Crippen molar-refractivity contribution in [2.45, 2.75) is 0 Å². The molecule has 48 heavy (non-hydrogen) atoms. The summed E-state index contributed by atoms with van der Waals surface area (Å²) in [6.07, 6.45) is 0. The van der Waals surface area contributed by atoms with Gasteiger partial charge in [-0.25, -0.2) is 0 Å². The Labute approximate surface area is 279 Å². The highest BCUT2D eigenvalue weighted by Gasteiger charge is 2.22. The molecule has 0 bridgehead atoms. The van der Waals surface area contributed by atoms with Gasteiger partial charge in [0, 0.05) is 0 Å². The molecule has 0 radical (unpaired) electrons. The molecule has 0 spiro atoms. The van der Waals surface area contributed by atoms with E-state index in [0.717, 1.165) is 0 Å². The van der Waals surface area contributed by atoms with Crippen molar-refractivity contribution < 1.29 is 0 Å². The van der Waals surface area contributed by atoms with Crippen LogP contribution in [0.1, 0.15) is 0 Å². The van der Waals surface area contributed by atoms with Gasteiger partial charge in [-0.05, 0) is 111 Å². The lowest BCUT2D eigenvalue weighted by Crippen LogP contribution is -1.96. The van der Waals surface area contributed by atoms with E-state index < -0.39 is 0 Å². The van der Waals surface area contributed by atoms with Gasteiger partial charge in [0.25, 0.3) is 0 Å². The Morgan fingerprint density at radius 3 is 1.42 bits per heavy atom. The zero-order chi connectivity index (χ0) is 31.6. The molecule has 0 N–H and O–H groups in total. The zero-order valence-electron chi connectivity index (χ0n) is 26.3. The summed E-state index contributed by atoms with van der Waals surface area (Å²) >= 11 is 0. The number of benzene rings is 10. The highest BCUT2D eigenvalue weighted by atomic mass is 14.3. The first-order valence-electron chi connectivity index (χ1n) is 16.7. The number of hydrogen-bond donors (Lipinski definition) is 0. The highest BCUT2D eigenvalue weighted by Crippen LogP contribution is 2.49. The molecular weight excluding hydrogens is 577 g/mol. The van der Waals surface area contributed by atoms with Gasteiger partial charge in [0.2, 0.25) is 0 Å². The third-order valence-corrected chi connectivity index (χ3v) is 10.2. The Morgan fingerprint density at radius 1 is 0.229 bits per heavy atom. The van der Waals surface area contributed by atoms with Crippen molar-refractivity contribution in [2.75, 3.05) is 0 Å². The van der Waals surface area contributed by atoms with Crippen LogP contribution in [0.15, 0.2) is 182 Å². The van der Waals surface area contributed by atoms with Crippen molar-refractivity contribution in [3.8, 4) is 44.5 Å². The molecule has 0 nitrogen and oxygen atoms in total. The summed E-state index contributed by atoms with van der Waals surface area (Å²) in [5, 5.41) is 12.8. The van der Waals surface area contributed by atoms with Crippen LogP contribution >= 0.6 is 0 Å². The molecule has 0 aliphatic rings. The van der Waals surface area contributed by atoms with Crippen LogP contribution in [0.2, 0.25) is 0 Å². The van der Waals surface area contributed by atoms with Gasteiger partial charge in [0.15, 0.2) is 0 Å². The van der Waals surface area contributed by atoms with E-state index in [0.29, 0.717) is 0 Å². The maximum absolute atomic E-state index is 2.38. The second-order valence-electron chi connectivity index (χ2n) is 12.9. The van der Waals surface area contributed by atoms with E-state index in [4.69, 9.17) is 0 Å². The van der Waals surface area contributed by atoms with E-state index in [1.54, 1.807) is 0 Å². The summed E-state index contributed by atoms with van der Waals surface area (Å²) in [5.74, 6) is 0. The van der Waals surface area contributed by atoms with Gasteiger partial charge in [0.05, 0.1) is 0 Å². The number of hydrogen-bond acceptors (Lipinski definition) is 0. The molecule has 10 aromatic carbocycles. The van der Waals surface area contributed by atoms with E-state index in [1.165, 1.54) is 98.4 Å². The minimum Gasteiger partial charge on any atom is -0.0622 e. The lowest BCUT2D eigenvalue weighted by atomic mass is 9.80. The summed E-state index contributed by atoms with van der Waals surface area (Å²) < 4.78 is 0. The first-order valence-corrected chi connectivity index (χ1v) is 16.7. The second kappa shape index (κ2) is 10.7. The van der Waals surface area contributed by atoms with Gasteiger partial charge in [-0.2, -0.15) is 0 Å². The van der Waals surface area contributed by atoms with Crippen molar-refractivity contribution in [1.29, 1.82) is 0 Å². The van der Waals surface area contributed by atoms with E-state index >= 15 is 0 Å². The van der Waals surface area contributed by atoms with Crippen molar-refractivity contribution >= 4 is 53.9 Å². The summed E-state index contributed by atoms with van der Waals surface area (Å²) in [7, 11) is 0. The molecule has 0 unspecified atom stereocenters. The molecule has 0 fully saturated rings. The topological polar surface area (TPSA) is 0 Å². The smallest absolute Gasteiger partial charge is 0.00143 e. The molecule has 0 atom stereocenters. The molecule has 0 heterocycles. The normalized spacial score (nSPS) is 11.8. The minimum absolute atomic E-state index is 1.21. The lowest BCUT2D eigenvalue weighted by molar-refractivity contribution is 1.57. The molecule has 0 aliphatic heterocycles. The fourth-order valence-corrected chi connectivity index (χ4v) is 7.94. The monoisotopic (exact) mass is 606 g/mol. The third kappa shape index (κ3) is 4.16. The molecular formula is C48H30. The molecule has 0 aliphatic carbocycles. The van der Waals surface area contributed by atoms with Crippen molar-refractivity contribution in [2.24, 2.45) is 0 Å². The molecule has 0 aromatic heterocycles. The Bertz CT molecular complexity index is 2810. The Hall–Kier alpha value is -6.24. The number of rotatable bonds is 4. The van der Waals surface area contributed by atoms with Crippen molar-refractivity contribution in [1.82, 2.24) is 0 Å². The van der Waals surface area contributed by atoms with E-state index in [2.05, 4.69) is 182 Å². The predicted molar refractivity (Wildman–Crippen MR) is 207 cm³/mol. The van der Waals surface area contributed by atoms with Crippen LogP contribution in [0.4, 0.5) is 0 Å². The maximum Gasteiger partial charge on any atom is -0.00143 e. The molecule has 0 amide bonds. The second-order valence-corrected chi connectivity index (χ2v) is 12.9. The van der Waals surface area contributed by atoms with Gasteiger partial charge < -0.3 is 0 Å². The van der Waals surface area contributed by atoms with Crippen LogP contribution in [-0.4, -0.2) is 0 Å². The van der Waals surface area contributed by atoms with Gasteiger partial charge in [-0.15, -0.1) is 0 Å². The average Bonchev–Trinajstić information content (AvgIpc) is 3.16. The SMILES string of the molecule is c1ccc(-c2ccc(-c3ccc4ccccc4c3)c(-c3ccc4ccccc4c3)c2-c2ccc3ccc4cccc5ccc2c3c45)cc1. The highest BCUT2D eigenvalue weighted by molar-refractivity contribution is 6.26. The molecule has 222 valence electrons. The van der Waals surface area contributed by atoms with Gasteiger partial charge in [-0.1, -0.05) is 170 Å². The van der Waals surface area contributed by atoms with Crippen LogP contribution in [0.25, 0.3) is 98.4 Å². The van der Waals surface area contributed by atoms with Crippen LogP contribution < -0.4 is 0 Å². The van der Waals surface area contributed by atoms with E-state index in [1.807, 2.05) is 0 Å². The Kier molecular flexibility index (Phi) is 5.98. The van der Waals surface area contributed by atoms with Gasteiger partial charge in [-0.3, -0.25) is 0 Å². The number of fused-ring (bicyclic) bond motifs is 2. The molecule has 0 saturated heterocycles. The summed E-state index contributed by atoms with van der Waals surface area (Å²) in [6.45, 7) is 0. The maximum atomic E-state index is 2.38. The van der Waals surface area contributed by atoms with E-state index in [9.17, 15) is 0 Å². The average molecular weight is 607 g/mol. The fourth-order valence-electron chi connectivity index (χ4n) is 7.94. The first-order chi connectivity index (χ1) is 23.8. The largest absolute Gasteiger partial charge is 0.0622 e. The summed E-state index contributed by atoms with van der Waals surface area (Å²) in [6, 6.07) is 67.3. The first kappa shape index (κ1) is 26.9. The lowest BCUT2D eigenvalue weighted by Gasteiger charge is -2.23. The van der Waals surface area contributed by atoms with Gasteiger partial charge in [0.1, 0.15) is 0 Å². The van der Waals surface area contributed by atoms with Crippen molar-refractivity contribution in [3.05, 3.63) is 182 Å². The molecule has 10 rings (SSSR count). The van der Waals surface area contributed by atoms with Crippen LogP contribution in [0, 0.1) is 0 Å². The summed E-state index contributed by atoms with van der Waals surface area (Å²) in [4.78, 5) is 0. The van der Waals surface area contributed by atoms with Gasteiger partial charge >= 0.3 is 0 Å². The fraction of sp³-hybridized carbons (Fsp3) is 0. The standard InChI is InChI=1S/C48H30/c1-2-11-33(12-3-1)41-27-28-42(39-21-17-31-9-4-6-13-37(31)29-39)47(40-22-18-32-10-5-7-14-38(32)30-40)48(41)44-26-24-36-20-19-34-15-8-16-35-23-25-43(44)46(36)45(34)35/h1-30H. The summed E-state index contributed by atoms with van der Waals surface area (Å²) in [5.41, 5.74) is 9.89. The van der Waals surface area contributed by atoms with Crippen LogP contribution in [0.5, 0.6) is 0 Å².